The first-order valence-corrected chi connectivity index (χ1v) is 7.24. The Hall–Kier alpha value is -3.53. The van der Waals surface area contributed by atoms with Crippen LogP contribution in [-0.4, -0.2) is 28.8 Å². The molecule has 0 aliphatic rings. The number of hydrogen-bond acceptors (Lipinski definition) is 7. The van der Waals surface area contributed by atoms with Gasteiger partial charge < -0.3 is 10.1 Å². The molecule has 0 radical (unpaired) electrons. The number of nitrogens with one attached hydrogen (secondary N) is 1. The minimum atomic E-state index is -0.919. The molecule has 0 heterocycles. The van der Waals surface area contributed by atoms with E-state index in [0.29, 0.717) is 0 Å². The zero-order valence-electron chi connectivity index (χ0n) is 13.1. The van der Waals surface area contributed by atoms with Crippen molar-refractivity contribution in [1.29, 1.82) is 0 Å². The molecular formula is C15H10ClN3O7. The highest BCUT2D eigenvalue weighted by atomic mass is 35.5. The van der Waals surface area contributed by atoms with Crippen LogP contribution in [0.1, 0.15) is 20.7 Å². The second-order valence-electron chi connectivity index (χ2n) is 4.87. The van der Waals surface area contributed by atoms with Gasteiger partial charge in [0.2, 0.25) is 0 Å². The Bertz CT molecular complexity index is 877. The lowest BCUT2D eigenvalue weighted by Crippen LogP contribution is -2.13. The van der Waals surface area contributed by atoms with Crippen LogP contribution in [0.4, 0.5) is 17.1 Å². The molecule has 0 aliphatic carbocycles. The fourth-order valence-corrected chi connectivity index (χ4v) is 2.25. The van der Waals surface area contributed by atoms with Gasteiger partial charge in [0.15, 0.2) is 5.02 Å². The number of nitro benzene ring substituents is 2. The van der Waals surface area contributed by atoms with Gasteiger partial charge in [0.05, 0.1) is 28.1 Å². The SMILES string of the molecule is COC(=O)c1ccc(NC(=O)c2cc([N+](=O)[O-])c(Cl)c([N+](=O)[O-])c2)cc1. The third kappa shape index (κ3) is 3.92. The van der Waals surface area contributed by atoms with E-state index >= 15 is 0 Å². The van der Waals surface area contributed by atoms with Crippen molar-refractivity contribution >= 4 is 40.5 Å². The Labute approximate surface area is 150 Å². The molecule has 0 aromatic heterocycles. The topological polar surface area (TPSA) is 142 Å². The summed E-state index contributed by atoms with van der Waals surface area (Å²) in [5.74, 6) is -1.38. The van der Waals surface area contributed by atoms with E-state index in [4.69, 9.17) is 11.6 Å². The molecule has 1 amide bonds. The largest absolute Gasteiger partial charge is 0.465 e. The van der Waals surface area contributed by atoms with E-state index in [-0.39, 0.29) is 16.8 Å². The molecule has 1 N–H and O–H groups in total. The normalized spacial score (nSPS) is 10.1. The molecule has 0 bridgehead atoms. The van der Waals surface area contributed by atoms with Crippen molar-refractivity contribution < 1.29 is 24.2 Å². The number of halogens is 1. The van der Waals surface area contributed by atoms with Crippen molar-refractivity contribution in [2.75, 3.05) is 12.4 Å². The number of esters is 1. The van der Waals surface area contributed by atoms with Crippen LogP contribution in [0.15, 0.2) is 36.4 Å². The lowest BCUT2D eigenvalue weighted by molar-refractivity contribution is -0.393. The number of rotatable bonds is 5. The molecule has 0 spiro atoms. The second-order valence-corrected chi connectivity index (χ2v) is 5.24. The number of nitrogens with zero attached hydrogens (tertiary/aromatic N) is 2. The van der Waals surface area contributed by atoms with Gasteiger partial charge in [-0.3, -0.25) is 25.0 Å². The van der Waals surface area contributed by atoms with Gasteiger partial charge in [-0.2, -0.15) is 0 Å². The Balaban J connectivity index is 2.33. The lowest BCUT2D eigenvalue weighted by Gasteiger charge is -2.07. The van der Waals surface area contributed by atoms with E-state index in [2.05, 4.69) is 10.1 Å². The highest BCUT2D eigenvalue weighted by molar-refractivity contribution is 6.35. The molecular weight excluding hydrogens is 370 g/mol. The number of nitro groups is 2. The average molecular weight is 380 g/mol. The molecule has 0 aliphatic heterocycles. The molecule has 26 heavy (non-hydrogen) atoms. The number of ether oxygens (including phenoxy) is 1. The van der Waals surface area contributed by atoms with Gasteiger partial charge in [0.25, 0.3) is 17.3 Å². The quantitative estimate of drug-likeness (QED) is 0.477. The zero-order chi connectivity index (χ0) is 19.4. The van der Waals surface area contributed by atoms with Gasteiger partial charge >= 0.3 is 5.97 Å². The second kappa shape index (κ2) is 7.57. The summed E-state index contributed by atoms with van der Waals surface area (Å²) in [6.45, 7) is 0. The predicted molar refractivity (Wildman–Crippen MR) is 90.5 cm³/mol. The third-order valence-corrected chi connectivity index (χ3v) is 3.64. The molecule has 10 nitrogen and oxygen atoms in total. The molecule has 0 unspecified atom stereocenters. The van der Waals surface area contributed by atoms with Crippen LogP contribution in [-0.2, 0) is 4.74 Å². The summed E-state index contributed by atoms with van der Waals surface area (Å²) in [6, 6.07) is 7.29. The van der Waals surface area contributed by atoms with Crippen LogP contribution in [0.3, 0.4) is 0 Å². The van der Waals surface area contributed by atoms with Gasteiger partial charge in [-0.1, -0.05) is 11.6 Å². The number of amides is 1. The Morgan fingerprint density at radius 3 is 1.92 bits per heavy atom. The number of methoxy groups -OCH3 is 1. The lowest BCUT2D eigenvalue weighted by atomic mass is 10.1. The van der Waals surface area contributed by atoms with Crippen molar-refractivity contribution in [3.63, 3.8) is 0 Å². The summed E-state index contributed by atoms with van der Waals surface area (Å²) >= 11 is 5.64. The van der Waals surface area contributed by atoms with Crippen LogP contribution in [0, 0.1) is 20.2 Å². The molecule has 0 saturated carbocycles. The monoisotopic (exact) mass is 379 g/mol. The maximum atomic E-state index is 12.3. The van der Waals surface area contributed by atoms with Crippen molar-refractivity contribution in [3.8, 4) is 0 Å². The summed E-state index contributed by atoms with van der Waals surface area (Å²) in [4.78, 5) is 43.7. The zero-order valence-corrected chi connectivity index (χ0v) is 13.9. The maximum absolute atomic E-state index is 12.3. The molecule has 2 rings (SSSR count). The highest BCUT2D eigenvalue weighted by Crippen LogP contribution is 2.35. The minimum absolute atomic E-state index is 0.253. The number of carbonyl (C=O) groups is 2. The molecule has 0 saturated heterocycles. The van der Waals surface area contributed by atoms with Crippen LogP contribution in [0.5, 0.6) is 0 Å². The van der Waals surface area contributed by atoms with Crippen molar-refractivity contribution in [3.05, 3.63) is 72.8 Å². The van der Waals surface area contributed by atoms with E-state index in [1.54, 1.807) is 0 Å². The van der Waals surface area contributed by atoms with Crippen molar-refractivity contribution in [2.45, 2.75) is 0 Å². The van der Waals surface area contributed by atoms with E-state index in [1.807, 2.05) is 0 Å². The summed E-state index contributed by atoms with van der Waals surface area (Å²) < 4.78 is 4.54. The first kappa shape index (κ1) is 18.8. The summed E-state index contributed by atoms with van der Waals surface area (Å²) in [6.07, 6.45) is 0. The van der Waals surface area contributed by atoms with Crippen LogP contribution in [0.2, 0.25) is 5.02 Å². The molecule has 0 fully saturated rings. The highest BCUT2D eigenvalue weighted by Gasteiger charge is 2.27. The fourth-order valence-electron chi connectivity index (χ4n) is 2.00. The molecule has 2 aromatic rings. The Kier molecular flexibility index (Phi) is 5.48. The standard InChI is InChI=1S/C15H10ClN3O7/c1-26-15(21)8-2-4-10(5-3-8)17-14(20)9-6-11(18(22)23)13(16)12(7-9)19(24)25/h2-7H,1H3,(H,17,20). The van der Waals surface area contributed by atoms with Crippen LogP contribution < -0.4 is 5.32 Å². The molecule has 2 aromatic carbocycles. The first-order chi connectivity index (χ1) is 12.2. The first-order valence-electron chi connectivity index (χ1n) is 6.86. The predicted octanol–water partition coefficient (Wildman–Crippen LogP) is 3.20. The molecule has 0 atom stereocenters. The van der Waals surface area contributed by atoms with Crippen LogP contribution in [0.25, 0.3) is 0 Å². The number of benzene rings is 2. The van der Waals surface area contributed by atoms with Gasteiger partial charge in [-0.25, -0.2) is 4.79 Å². The maximum Gasteiger partial charge on any atom is 0.337 e. The number of carbonyl (C=O) groups excluding carboxylic acids is 2. The van der Waals surface area contributed by atoms with Crippen LogP contribution >= 0.6 is 11.6 Å². The van der Waals surface area contributed by atoms with E-state index < -0.39 is 38.1 Å². The van der Waals surface area contributed by atoms with E-state index in [1.165, 1.54) is 31.4 Å². The van der Waals surface area contributed by atoms with Gasteiger partial charge in [-0.15, -0.1) is 0 Å². The van der Waals surface area contributed by atoms with Crippen molar-refractivity contribution in [1.82, 2.24) is 0 Å². The minimum Gasteiger partial charge on any atom is -0.465 e. The number of hydrogen-bond donors (Lipinski definition) is 1. The summed E-state index contributed by atoms with van der Waals surface area (Å²) in [5, 5.41) is 23.7. The fraction of sp³-hybridized carbons (Fsp3) is 0.0667. The van der Waals surface area contributed by atoms with Gasteiger partial charge in [-0.05, 0) is 24.3 Å². The van der Waals surface area contributed by atoms with Gasteiger partial charge in [0, 0.05) is 17.8 Å². The molecule has 11 heteroatoms. The van der Waals surface area contributed by atoms with Gasteiger partial charge in [0.1, 0.15) is 0 Å². The van der Waals surface area contributed by atoms with Crippen molar-refractivity contribution in [2.24, 2.45) is 0 Å². The number of anilines is 1. The molecule has 134 valence electrons. The third-order valence-electron chi connectivity index (χ3n) is 3.25. The smallest absolute Gasteiger partial charge is 0.337 e. The van der Waals surface area contributed by atoms with E-state index in [9.17, 15) is 29.8 Å². The Morgan fingerprint density at radius 2 is 1.50 bits per heavy atom. The Morgan fingerprint density at radius 1 is 1.00 bits per heavy atom. The van der Waals surface area contributed by atoms with E-state index in [0.717, 1.165) is 12.1 Å². The summed E-state index contributed by atoms with van der Waals surface area (Å²) in [7, 11) is 1.22. The average Bonchev–Trinajstić information content (AvgIpc) is 2.61. The summed E-state index contributed by atoms with van der Waals surface area (Å²) in [5.41, 5.74) is -1.31.